The predicted molar refractivity (Wildman–Crippen MR) is 105 cm³/mol. The second-order valence-corrected chi connectivity index (χ2v) is 6.63. The van der Waals surface area contributed by atoms with Gasteiger partial charge in [0.2, 0.25) is 5.88 Å². The molecule has 1 atom stereocenters. The lowest BCUT2D eigenvalue weighted by Gasteiger charge is -2.28. The van der Waals surface area contributed by atoms with Crippen LogP contribution in [0.2, 0.25) is 0 Å². The summed E-state index contributed by atoms with van der Waals surface area (Å²) in [6.07, 6.45) is 0. The summed E-state index contributed by atoms with van der Waals surface area (Å²) in [4.78, 5) is 9.29. The minimum Gasteiger partial charge on any atom is -0.481 e. The molecule has 2 heterocycles. The SMILES string of the molecule is COc1cccc(C(O)(c2ccccc2)c2nc3ccc(C)cc3n2C)n1. The molecule has 0 saturated carbocycles. The van der Waals surface area contributed by atoms with E-state index >= 15 is 0 Å². The first kappa shape index (κ1) is 17.2. The van der Waals surface area contributed by atoms with E-state index in [4.69, 9.17) is 9.72 Å². The van der Waals surface area contributed by atoms with Gasteiger partial charge in [0.05, 0.1) is 23.8 Å². The van der Waals surface area contributed by atoms with Gasteiger partial charge in [0.15, 0.2) is 11.4 Å². The van der Waals surface area contributed by atoms with Crippen molar-refractivity contribution in [2.24, 2.45) is 7.05 Å². The molecular formula is C22H21N3O2. The Hall–Kier alpha value is -3.18. The van der Waals surface area contributed by atoms with Crippen LogP contribution in [0.1, 0.15) is 22.6 Å². The van der Waals surface area contributed by atoms with E-state index in [-0.39, 0.29) is 0 Å². The van der Waals surface area contributed by atoms with Crippen molar-refractivity contribution in [3.05, 3.63) is 89.4 Å². The Morgan fingerprint density at radius 1 is 0.963 bits per heavy atom. The lowest BCUT2D eigenvalue weighted by Crippen LogP contribution is -2.33. The highest BCUT2D eigenvalue weighted by atomic mass is 16.5. The minimum absolute atomic E-state index is 0.441. The molecule has 2 aromatic carbocycles. The molecule has 1 unspecified atom stereocenters. The van der Waals surface area contributed by atoms with Gasteiger partial charge < -0.3 is 14.4 Å². The molecule has 0 saturated heterocycles. The van der Waals surface area contributed by atoms with E-state index in [9.17, 15) is 5.11 Å². The van der Waals surface area contributed by atoms with Crippen LogP contribution in [0.5, 0.6) is 5.88 Å². The number of ether oxygens (including phenoxy) is 1. The number of aliphatic hydroxyl groups is 1. The largest absolute Gasteiger partial charge is 0.481 e. The Bertz CT molecular complexity index is 1110. The fourth-order valence-electron chi connectivity index (χ4n) is 3.42. The first-order valence-corrected chi connectivity index (χ1v) is 8.77. The van der Waals surface area contributed by atoms with Crippen LogP contribution in [0.3, 0.4) is 0 Å². The quantitative estimate of drug-likeness (QED) is 0.605. The molecule has 4 rings (SSSR count). The van der Waals surface area contributed by atoms with Gasteiger partial charge in [0, 0.05) is 13.1 Å². The molecule has 0 radical (unpaired) electrons. The molecular weight excluding hydrogens is 338 g/mol. The van der Waals surface area contributed by atoms with Gasteiger partial charge in [-0.15, -0.1) is 0 Å². The molecule has 0 fully saturated rings. The Labute approximate surface area is 157 Å². The van der Waals surface area contributed by atoms with Crippen LogP contribution in [0.15, 0.2) is 66.7 Å². The van der Waals surface area contributed by atoms with Crippen LogP contribution in [0.25, 0.3) is 11.0 Å². The number of hydrogen-bond acceptors (Lipinski definition) is 4. The highest BCUT2D eigenvalue weighted by molar-refractivity contribution is 5.77. The highest BCUT2D eigenvalue weighted by Gasteiger charge is 2.40. The van der Waals surface area contributed by atoms with Crippen molar-refractivity contribution in [1.29, 1.82) is 0 Å². The Kier molecular flexibility index (Phi) is 4.16. The Morgan fingerprint density at radius 3 is 2.48 bits per heavy atom. The molecule has 0 amide bonds. The maximum Gasteiger partial charge on any atom is 0.213 e. The monoisotopic (exact) mass is 359 g/mol. The standard InChI is InChI=1S/C22H21N3O2/c1-15-12-13-17-18(14-15)25(2)21(23-17)22(26,16-8-5-4-6-9-16)19-10-7-11-20(24-19)27-3/h4-14,26H,1-3H3. The average molecular weight is 359 g/mol. The van der Waals surface area contributed by atoms with Gasteiger partial charge >= 0.3 is 0 Å². The van der Waals surface area contributed by atoms with E-state index in [1.54, 1.807) is 19.2 Å². The number of nitrogens with zero attached hydrogens (tertiary/aromatic N) is 3. The minimum atomic E-state index is -1.52. The topological polar surface area (TPSA) is 60.2 Å². The van der Waals surface area contributed by atoms with Crippen molar-refractivity contribution in [2.75, 3.05) is 7.11 Å². The second-order valence-electron chi connectivity index (χ2n) is 6.63. The van der Waals surface area contributed by atoms with E-state index in [0.717, 1.165) is 16.6 Å². The van der Waals surface area contributed by atoms with E-state index in [0.29, 0.717) is 23.0 Å². The molecule has 4 aromatic rings. The van der Waals surface area contributed by atoms with Gasteiger partial charge in [-0.05, 0) is 36.2 Å². The predicted octanol–water partition coefficient (Wildman–Crippen LogP) is 3.57. The van der Waals surface area contributed by atoms with E-state index in [1.165, 1.54) is 0 Å². The van der Waals surface area contributed by atoms with E-state index in [1.807, 2.05) is 67.1 Å². The lowest BCUT2D eigenvalue weighted by molar-refractivity contribution is 0.107. The van der Waals surface area contributed by atoms with Crippen LogP contribution < -0.4 is 4.74 Å². The van der Waals surface area contributed by atoms with Crippen LogP contribution in [-0.2, 0) is 12.6 Å². The molecule has 0 bridgehead atoms. The van der Waals surface area contributed by atoms with Crippen molar-refractivity contribution < 1.29 is 9.84 Å². The van der Waals surface area contributed by atoms with Crippen molar-refractivity contribution in [3.8, 4) is 5.88 Å². The summed E-state index contributed by atoms with van der Waals surface area (Å²) < 4.78 is 7.20. The smallest absolute Gasteiger partial charge is 0.213 e. The number of rotatable bonds is 4. The molecule has 0 spiro atoms. The maximum absolute atomic E-state index is 12.0. The number of methoxy groups -OCH3 is 1. The van der Waals surface area contributed by atoms with Crippen LogP contribution in [0.4, 0.5) is 0 Å². The average Bonchev–Trinajstić information content (AvgIpc) is 3.04. The van der Waals surface area contributed by atoms with Crippen LogP contribution >= 0.6 is 0 Å². The lowest BCUT2D eigenvalue weighted by atomic mass is 9.89. The highest BCUT2D eigenvalue weighted by Crippen LogP contribution is 2.37. The zero-order chi connectivity index (χ0) is 19.0. The summed E-state index contributed by atoms with van der Waals surface area (Å²) in [5.41, 5.74) is 2.57. The molecule has 27 heavy (non-hydrogen) atoms. The summed E-state index contributed by atoms with van der Waals surface area (Å²) in [6.45, 7) is 2.04. The first-order valence-electron chi connectivity index (χ1n) is 8.77. The number of pyridine rings is 1. The summed E-state index contributed by atoms with van der Waals surface area (Å²) >= 11 is 0. The number of fused-ring (bicyclic) bond motifs is 1. The maximum atomic E-state index is 12.0. The van der Waals surface area contributed by atoms with Gasteiger partial charge in [-0.3, -0.25) is 0 Å². The van der Waals surface area contributed by atoms with Gasteiger partial charge in [0.1, 0.15) is 0 Å². The Morgan fingerprint density at radius 2 is 1.74 bits per heavy atom. The number of aromatic nitrogens is 3. The molecule has 5 nitrogen and oxygen atoms in total. The van der Waals surface area contributed by atoms with Gasteiger partial charge in [-0.2, -0.15) is 0 Å². The van der Waals surface area contributed by atoms with Crippen molar-refractivity contribution in [2.45, 2.75) is 12.5 Å². The Balaban J connectivity index is 2.03. The van der Waals surface area contributed by atoms with Crippen LogP contribution in [0, 0.1) is 6.92 Å². The van der Waals surface area contributed by atoms with Gasteiger partial charge in [0.25, 0.3) is 0 Å². The third-order valence-corrected chi connectivity index (χ3v) is 4.85. The van der Waals surface area contributed by atoms with Crippen molar-refractivity contribution >= 4 is 11.0 Å². The number of aryl methyl sites for hydroxylation is 2. The number of benzene rings is 2. The zero-order valence-electron chi connectivity index (χ0n) is 15.5. The zero-order valence-corrected chi connectivity index (χ0v) is 15.5. The molecule has 136 valence electrons. The van der Waals surface area contributed by atoms with E-state index < -0.39 is 5.60 Å². The van der Waals surface area contributed by atoms with Crippen LogP contribution in [-0.4, -0.2) is 26.8 Å². The van der Waals surface area contributed by atoms with Crippen molar-refractivity contribution in [3.63, 3.8) is 0 Å². The normalized spacial score (nSPS) is 13.5. The number of hydrogen-bond donors (Lipinski definition) is 1. The molecule has 2 aromatic heterocycles. The molecule has 0 aliphatic carbocycles. The molecule has 5 heteroatoms. The summed E-state index contributed by atoms with van der Waals surface area (Å²) in [6, 6.07) is 20.9. The molecule has 0 aliphatic heterocycles. The number of imidazole rings is 1. The molecule has 0 aliphatic rings. The summed E-state index contributed by atoms with van der Waals surface area (Å²) in [5.74, 6) is 0.950. The third-order valence-electron chi connectivity index (χ3n) is 4.85. The molecule has 1 N–H and O–H groups in total. The van der Waals surface area contributed by atoms with Gasteiger partial charge in [-0.1, -0.05) is 42.5 Å². The first-order chi connectivity index (χ1) is 13.0. The summed E-state index contributed by atoms with van der Waals surface area (Å²) in [7, 11) is 3.48. The second kappa shape index (κ2) is 6.52. The third kappa shape index (κ3) is 2.76. The fraction of sp³-hybridized carbons (Fsp3) is 0.182. The van der Waals surface area contributed by atoms with Crippen molar-refractivity contribution in [1.82, 2.24) is 14.5 Å². The van der Waals surface area contributed by atoms with Gasteiger partial charge in [-0.25, -0.2) is 9.97 Å². The van der Waals surface area contributed by atoms with E-state index in [2.05, 4.69) is 11.1 Å². The summed E-state index contributed by atoms with van der Waals surface area (Å²) in [5, 5.41) is 12.0. The fourth-order valence-corrected chi connectivity index (χ4v) is 3.42.